The third-order valence-electron chi connectivity index (χ3n) is 4.64. The molecule has 1 saturated carbocycles. The average molecular weight is 294 g/mol. The Morgan fingerprint density at radius 3 is 2.75 bits per heavy atom. The normalized spacial score (nSPS) is 25.1. The molecular formula is C18H28ClN. The first-order valence-corrected chi connectivity index (χ1v) is 8.59. The van der Waals surface area contributed by atoms with Crippen molar-refractivity contribution in [2.75, 3.05) is 0 Å². The van der Waals surface area contributed by atoms with Gasteiger partial charge in [0.05, 0.1) is 0 Å². The second-order valence-corrected chi connectivity index (χ2v) is 6.68. The summed E-state index contributed by atoms with van der Waals surface area (Å²) in [5.41, 5.74) is 1.23. The van der Waals surface area contributed by atoms with Crippen LogP contribution in [0.5, 0.6) is 0 Å². The van der Waals surface area contributed by atoms with Crippen LogP contribution in [0.1, 0.15) is 70.4 Å². The van der Waals surface area contributed by atoms with E-state index < -0.39 is 0 Å². The van der Waals surface area contributed by atoms with Gasteiger partial charge in [0.25, 0.3) is 0 Å². The predicted molar refractivity (Wildman–Crippen MR) is 88.3 cm³/mol. The summed E-state index contributed by atoms with van der Waals surface area (Å²) in [7, 11) is 0. The Kier molecular flexibility index (Phi) is 6.38. The first-order valence-electron chi connectivity index (χ1n) is 8.21. The minimum atomic E-state index is 0.344. The summed E-state index contributed by atoms with van der Waals surface area (Å²) in [5.74, 6) is 0.961. The Balaban J connectivity index is 1.88. The zero-order valence-electron chi connectivity index (χ0n) is 12.9. The van der Waals surface area contributed by atoms with Gasteiger partial charge in [0.2, 0.25) is 0 Å². The minimum Gasteiger partial charge on any atom is -0.307 e. The van der Waals surface area contributed by atoms with Crippen LogP contribution in [0.4, 0.5) is 0 Å². The van der Waals surface area contributed by atoms with E-state index in [-0.39, 0.29) is 0 Å². The van der Waals surface area contributed by atoms with E-state index >= 15 is 0 Å². The molecule has 0 aromatic heterocycles. The Labute approximate surface area is 129 Å². The molecule has 0 saturated heterocycles. The summed E-state index contributed by atoms with van der Waals surface area (Å²) in [6, 6.07) is 9.19. The number of benzene rings is 1. The molecule has 0 spiro atoms. The highest BCUT2D eigenvalue weighted by Crippen LogP contribution is 2.29. The molecule has 2 heteroatoms. The molecule has 2 rings (SSSR count). The summed E-state index contributed by atoms with van der Waals surface area (Å²) >= 11 is 6.29. The minimum absolute atomic E-state index is 0.344. The second-order valence-electron chi connectivity index (χ2n) is 6.27. The number of halogens is 1. The first-order chi connectivity index (χ1) is 9.70. The number of hydrogen-bond donors (Lipinski definition) is 1. The Hall–Kier alpha value is -0.530. The Bertz CT molecular complexity index is 404. The molecule has 20 heavy (non-hydrogen) atoms. The topological polar surface area (TPSA) is 12.0 Å². The van der Waals surface area contributed by atoms with Gasteiger partial charge in [0, 0.05) is 17.1 Å². The van der Waals surface area contributed by atoms with Crippen molar-refractivity contribution in [3.63, 3.8) is 0 Å². The molecule has 3 atom stereocenters. The van der Waals surface area contributed by atoms with Gasteiger partial charge in [-0.05, 0) is 43.7 Å². The lowest BCUT2D eigenvalue weighted by Crippen LogP contribution is -2.31. The quantitative estimate of drug-likeness (QED) is 0.683. The van der Waals surface area contributed by atoms with Crippen LogP contribution in [0, 0.1) is 5.92 Å². The highest BCUT2D eigenvalue weighted by Gasteiger charge is 2.20. The monoisotopic (exact) mass is 293 g/mol. The SMILES string of the molecule is CCCC1CCCC(NC(C)c2ccccc2Cl)CC1. The largest absolute Gasteiger partial charge is 0.307 e. The maximum atomic E-state index is 6.29. The molecule has 112 valence electrons. The van der Waals surface area contributed by atoms with Crippen LogP contribution in [0.2, 0.25) is 5.02 Å². The molecule has 0 aliphatic heterocycles. The summed E-state index contributed by atoms with van der Waals surface area (Å²) in [4.78, 5) is 0. The molecule has 1 aliphatic rings. The summed E-state index contributed by atoms with van der Waals surface area (Å²) in [6.45, 7) is 4.54. The second kappa shape index (κ2) is 8.05. The molecule has 3 unspecified atom stereocenters. The zero-order valence-corrected chi connectivity index (χ0v) is 13.6. The molecule has 0 amide bonds. The van der Waals surface area contributed by atoms with Gasteiger partial charge >= 0.3 is 0 Å². The molecule has 1 fully saturated rings. The van der Waals surface area contributed by atoms with Crippen LogP contribution in [-0.4, -0.2) is 6.04 Å². The molecule has 0 bridgehead atoms. The van der Waals surface area contributed by atoms with Crippen LogP contribution in [0.3, 0.4) is 0 Å². The third kappa shape index (κ3) is 4.49. The number of rotatable bonds is 5. The van der Waals surface area contributed by atoms with E-state index in [0.717, 1.165) is 10.9 Å². The van der Waals surface area contributed by atoms with Crippen molar-refractivity contribution in [1.29, 1.82) is 0 Å². The van der Waals surface area contributed by atoms with E-state index in [1.54, 1.807) is 0 Å². The summed E-state index contributed by atoms with van der Waals surface area (Å²) < 4.78 is 0. The molecular weight excluding hydrogens is 266 g/mol. The van der Waals surface area contributed by atoms with Crippen molar-refractivity contribution in [3.8, 4) is 0 Å². The van der Waals surface area contributed by atoms with Gasteiger partial charge in [-0.3, -0.25) is 0 Å². The summed E-state index contributed by atoms with van der Waals surface area (Å²) in [5, 5.41) is 4.67. The maximum absolute atomic E-state index is 6.29. The van der Waals surface area contributed by atoms with Crippen LogP contribution >= 0.6 is 11.6 Å². The molecule has 0 radical (unpaired) electrons. The highest BCUT2D eigenvalue weighted by molar-refractivity contribution is 6.31. The Morgan fingerprint density at radius 2 is 2.00 bits per heavy atom. The molecule has 1 N–H and O–H groups in total. The first kappa shape index (κ1) is 15.9. The smallest absolute Gasteiger partial charge is 0.0453 e. The van der Waals surface area contributed by atoms with E-state index in [4.69, 9.17) is 11.6 Å². The van der Waals surface area contributed by atoms with Gasteiger partial charge in [0.1, 0.15) is 0 Å². The molecule has 1 aromatic carbocycles. The van der Waals surface area contributed by atoms with E-state index in [2.05, 4.69) is 31.3 Å². The van der Waals surface area contributed by atoms with Crippen molar-refractivity contribution in [1.82, 2.24) is 5.32 Å². The van der Waals surface area contributed by atoms with E-state index in [0.29, 0.717) is 12.1 Å². The van der Waals surface area contributed by atoms with E-state index in [1.807, 2.05) is 12.1 Å². The van der Waals surface area contributed by atoms with Gasteiger partial charge in [-0.2, -0.15) is 0 Å². The highest BCUT2D eigenvalue weighted by atomic mass is 35.5. The lowest BCUT2D eigenvalue weighted by Gasteiger charge is -2.23. The predicted octanol–water partition coefficient (Wildman–Crippen LogP) is 5.74. The van der Waals surface area contributed by atoms with Gasteiger partial charge in [-0.1, -0.05) is 62.4 Å². The Morgan fingerprint density at radius 1 is 1.20 bits per heavy atom. The van der Waals surface area contributed by atoms with Crippen LogP contribution in [0.25, 0.3) is 0 Å². The fraction of sp³-hybridized carbons (Fsp3) is 0.667. The fourth-order valence-corrected chi connectivity index (χ4v) is 3.81. The van der Waals surface area contributed by atoms with Gasteiger partial charge in [-0.15, -0.1) is 0 Å². The van der Waals surface area contributed by atoms with Gasteiger partial charge < -0.3 is 5.32 Å². The van der Waals surface area contributed by atoms with Crippen molar-refractivity contribution >= 4 is 11.6 Å². The maximum Gasteiger partial charge on any atom is 0.0453 e. The van der Waals surface area contributed by atoms with Crippen molar-refractivity contribution in [2.24, 2.45) is 5.92 Å². The molecule has 1 aliphatic carbocycles. The van der Waals surface area contributed by atoms with Crippen molar-refractivity contribution in [2.45, 2.75) is 70.9 Å². The van der Waals surface area contributed by atoms with Crippen LogP contribution in [-0.2, 0) is 0 Å². The van der Waals surface area contributed by atoms with Crippen molar-refractivity contribution in [3.05, 3.63) is 34.9 Å². The lowest BCUT2D eigenvalue weighted by molar-refractivity contribution is 0.393. The van der Waals surface area contributed by atoms with Crippen LogP contribution < -0.4 is 5.32 Å². The fourth-order valence-electron chi connectivity index (χ4n) is 3.51. The average Bonchev–Trinajstić information content (AvgIpc) is 2.65. The van der Waals surface area contributed by atoms with Crippen LogP contribution in [0.15, 0.2) is 24.3 Å². The van der Waals surface area contributed by atoms with Crippen molar-refractivity contribution < 1.29 is 0 Å². The van der Waals surface area contributed by atoms with Gasteiger partial charge in [-0.25, -0.2) is 0 Å². The van der Waals surface area contributed by atoms with E-state index in [9.17, 15) is 0 Å². The molecule has 1 aromatic rings. The molecule has 1 nitrogen and oxygen atoms in total. The standard InChI is InChI=1S/C18H28ClN/c1-3-7-15-8-6-9-16(13-12-15)20-14(2)17-10-4-5-11-18(17)19/h4-5,10-11,14-16,20H,3,6-9,12-13H2,1-2H3. The third-order valence-corrected chi connectivity index (χ3v) is 4.99. The molecule has 0 heterocycles. The van der Waals surface area contributed by atoms with E-state index in [1.165, 1.54) is 50.5 Å². The number of hydrogen-bond acceptors (Lipinski definition) is 1. The lowest BCUT2D eigenvalue weighted by atomic mass is 9.95. The zero-order chi connectivity index (χ0) is 14.4. The van der Waals surface area contributed by atoms with Gasteiger partial charge in [0.15, 0.2) is 0 Å². The number of nitrogens with one attached hydrogen (secondary N) is 1. The summed E-state index contributed by atoms with van der Waals surface area (Å²) in [6.07, 6.45) is 9.56.